The summed E-state index contributed by atoms with van der Waals surface area (Å²) in [7, 11) is 0. The molecule has 1 aromatic carbocycles. The van der Waals surface area contributed by atoms with Crippen LogP contribution in [0.5, 0.6) is 11.5 Å². The van der Waals surface area contributed by atoms with E-state index >= 15 is 0 Å². The lowest BCUT2D eigenvalue weighted by molar-refractivity contribution is -0.143. The maximum atomic E-state index is 11.7. The second-order valence-electron chi connectivity index (χ2n) is 5.13. The summed E-state index contributed by atoms with van der Waals surface area (Å²) in [5.74, 6) is 0.414. The van der Waals surface area contributed by atoms with Crippen LogP contribution in [0, 0.1) is 5.41 Å². The van der Waals surface area contributed by atoms with Crippen molar-refractivity contribution in [3.05, 3.63) is 18.2 Å². The Labute approximate surface area is 105 Å². The van der Waals surface area contributed by atoms with Gasteiger partial charge in [0, 0.05) is 6.07 Å². The first-order chi connectivity index (χ1) is 8.36. The number of anilines is 1. The second-order valence-corrected chi connectivity index (χ2v) is 5.13. The number of esters is 1. The van der Waals surface area contributed by atoms with E-state index in [0.29, 0.717) is 17.2 Å². The van der Waals surface area contributed by atoms with E-state index in [1.165, 1.54) is 0 Å². The van der Waals surface area contributed by atoms with Crippen molar-refractivity contribution in [3.8, 4) is 11.5 Å². The fraction of sp³-hybridized carbons (Fsp3) is 0.385. The van der Waals surface area contributed by atoms with Crippen molar-refractivity contribution >= 4 is 17.6 Å². The first-order valence-electron chi connectivity index (χ1n) is 5.65. The molecule has 0 saturated carbocycles. The minimum Gasteiger partial charge on any atom is -0.482 e. The van der Waals surface area contributed by atoms with Gasteiger partial charge in [-0.1, -0.05) is 0 Å². The van der Waals surface area contributed by atoms with E-state index in [2.05, 4.69) is 5.32 Å². The van der Waals surface area contributed by atoms with Gasteiger partial charge in [-0.25, -0.2) is 0 Å². The number of amides is 1. The molecular formula is C13H15NO4. The topological polar surface area (TPSA) is 64.6 Å². The van der Waals surface area contributed by atoms with Crippen LogP contribution in [-0.4, -0.2) is 18.5 Å². The zero-order chi connectivity index (χ0) is 13.3. The van der Waals surface area contributed by atoms with E-state index in [-0.39, 0.29) is 18.5 Å². The number of ether oxygens (including phenoxy) is 2. The third-order valence-corrected chi connectivity index (χ3v) is 2.41. The number of hydrogen-bond acceptors (Lipinski definition) is 4. The first-order valence-corrected chi connectivity index (χ1v) is 5.65. The lowest BCUT2D eigenvalue weighted by Crippen LogP contribution is -2.27. The van der Waals surface area contributed by atoms with Crippen LogP contribution in [0.15, 0.2) is 18.2 Å². The third kappa shape index (κ3) is 2.61. The Bertz CT molecular complexity index is 502. The zero-order valence-corrected chi connectivity index (χ0v) is 10.6. The van der Waals surface area contributed by atoms with Crippen LogP contribution in [0.1, 0.15) is 20.8 Å². The van der Waals surface area contributed by atoms with Crippen molar-refractivity contribution in [2.24, 2.45) is 5.41 Å². The van der Waals surface area contributed by atoms with E-state index in [1.807, 2.05) is 0 Å². The molecule has 0 radical (unpaired) electrons. The van der Waals surface area contributed by atoms with Gasteiger partial charge in [-0.2, -0.15) is 0 Å². The molecule has 96 valence electrons. The monoisotopic (exact) mass is 249 g/mol. The Kier molecular flexibility index (Phi) is 2.98. The summed E-state index contributed by atoms with van der Waals surface area (Å²) in [5, 5.41) is 2.66. The van der Waals surface area contributed by atoms with Gasteiger partial charge < -0.3 is 14.8 Å². The molecule has 5 nitrogen and oxygen atoms in total. The van der Waals surface area contributed by atoms with Crippen LogP contribution < -0.4 is 14.8 Å². The van der Waals surface area contributed by atoms with Crippen LogP contribution in [0.4, 0.5) is 5.69 Å². The average Bonchev–Trinajstić information content (AvgIpc) is 2.27. The fourth-order valence-corrected chi connectivity index (χ4v) is 1.39. The van der Waals surface area contributed by atoms with Crippen molar-refractivity contribution in [1.29, 1.82) is 0 Å². The summed E-state index contributed by atoms with van der Waals surface area (Å²) >= 11 is 0. The van der Waals surface area contributed by atoms with Crippen molar-refractivity contribution in [1.82, 2.24) is 0 Å². The largest absolute Gasteiger partial charge is 0.482 e. The molecule has 2 rings (SSSR count). The highest BCUT2D eigenvalue weighted by atomic mass is 16.5. The van der Waals surface area contributed by atoms with Gasteiger partial charge in [-0.15, -0.1) is 0 Å². The molecule has 0 spiro atoms. The molecule has 0 fully saturated rings. The molecule has 0 atom stereocenters. The van der Waals surface area contributed by atoms with Gasteiger partial charge >= 0.3 is 5.97 Å². The predicted octanol–water partition coefficient (Wildman–Crippen LogP) is 1.97. The zero-order valence-electron chi connectivity index (χ0n) is 10.6. The number of hydrogen-bond donors (Lipinski definition) is 1. The maximum Gasteiger partial charge on any atom is 0.316 e. The molecule has 0 aromatic heterocycles. The predicted molar refractivity (Wildman–Crippen MR) is 65.7 cm³/mol. The molecule has 1 aliphatic heterocycles. The third-order valence-electron chi connectivity index (χ3n) is 2.41. The number of nitrogens with one attached hydrogen (secondary N) is 1. The number of benzene rings is 1. The van der Waals surface area contributed by atoms with Crippen LogP contribution in [0.3, 0.4) is 0 Å². The molecule has 1 amide bonds. The van der Waals surface area contributed by atoms with E-state index in [0.717, 1.165) is 0 Å². The fourth-order valence-electron chi connectivity index (χ4n) is 1.39. The average molecular weight is 249 g/mol. The van der Waals surface area contributed by atoms with E-state index in [9.17, 15) is 9.59 Å². The van der Waals surface area contributed by atoms with Crippen LogP contribution in [0.2, 0.25) is 0 Å². The summed E-state index contributed by atoms with van der Waals surface area (Å²) in [4.78, 5) is 22.9. The summed E-state index contributed by atoms with van der Waals surface area (Å²) in [5.41, 5.74) is -0.0548. The van der Waals surface area contributed by atoms with E-state index in [4.69, 9.17) is 9.47 Å². The van der Waals surface area contributed by atoms with E-state index in [1.54, 1.807) is 39.0 Å². The number of carbonyl (C=O) groups is 2. The quantitative estimate of drug-likeness (QED) is 0.610. The Hall–Kier alpha value is -2.04. The standard InChI is InChI=1S/C13H15NO4/c1-13(2,3)12(16)18-8-4-5-10-9(6-8)14-11(15)7-17-10/h4-6H,7H2,1-3H3,(H,14,15). The second kappa shape index (κ2) is 4.33. The highest BCUT2D eigenvalue weighted by Gasteiger charge is 2.24. The van der Waals surface area contributed by atoms with Gasteiger partial charge in [0.2, 0.25) is 0 Å². The molecule has 1 aromatic rings. The number of carbonyl (C=O) groups excluding carboxylic acids is 2. The summed E-state index contributed by atoms with van der Waals surface area (Å²) < 4.78 is 10.4. The van der Waals surface area contributed by atoms with Crippen molar-refractivity contribution in [3.63, 3.8) is 0 Å². The molecule has 1 heterocycles. The molecular weight excluding hydrogens is 234 g/mol. The molecule has 18 heavy (non-hydrogen) atoms. The number of fused-ring (bicyclic) bond motifs is 1. The summed E-state index contributed by atoms with van der Waals surface area (Å²) in [6.45, 7) is 5.34. The summed E-state index contributed by atoms with van der Waals surface area (Å²) in [6, 6.07) is 4.88. The van der Waals surface area contributed by atoms with Gasteiger partial charge in [-0.3, -0.25) is 9.59 Å². The normalized spacial score (nSPS) is 14.3. The molecule has 0 saturated heterocycles. The van der Waals surface area contributed by atoms with Gasteiger partial charge in [-0.05, 0) is 32.9 Å². The summed E-state index contributed by atoms with van der Waals surface area (Å²) in [6.07, 6.45) is 0. The maximum absolute atomic E-state index is 11.7. The lowest BCUT2D eigenvalue weighted by Gasteiger charge is -2.20. The minimum atomic E-state index is -0.574. The van der Waals surface area contributed by atoms with Crippen LogP contribution in [0.25, 0.3) is 0 Å². The molecule has 5 heteroatoms. The molecule has 0 aliphatic carbocycles. The Balaban J connectivity index is 2.19. The first kappa shape index (κ1) is 12.4. The molecule has 1 aliphatic rings. The molecule has 0 bridgehead atoms. The highest BCUT2D eigenvalue weighted by Crippen LogP contribution is 2.32. The Morgan fingerprint density at radius 2 is 2.11 bits per heavy atom. The number of rotatable bonds is 1. The van der Waals surface area contributed by atoms with Gasteiger partial charge in [0.25, 0.3) is 5.91 Å². The van der Waals surface area contributed by atoms with Gasteiger partial charge in [0.1, 0.15) is 11.5 Å². The van der Waals surface area contributed by atoms with Crippen LogP contribution >= 0.6 is 0 Å². The van der Waals surface area contributed by atoms with Crippen molar-refractivity contribution in [2.45, 2.75) is 20.8 Å². The lowest BCUT2D eigenvalue weighted by atomic mass is 9.97. The van der Waals surface area contributed by atoms with Gasteiger partial charge in [0.15, 0.2) is 6.61 Å². The highest BCUT2D eigenvalue weighted by molar-refractivity contribution is 5.95. The van der Waals surface area contributed by atoms with Gasteiger partial charge in [0.05, 0.1) is 11.1 Å². The SMILES string of the molecule is CC(C)(C)C(=O)Oc1ccc2c(c1)NC(=O)CO2. The Morgan fingerprint density at radius 1 is 1.39 bits per heavy atom. The molecule has 1 N–H and O–H groups in total. The smallest absolute Gasteiger partial charge is 0.316 e. The van der Waals surface area contributed by atoms with Crippen molar-refractivity contribution < 1.29 is 19.1 Å². The van der Waals surface area contributed by atoms with E-state index < -0.39 is 5.41 Å². The van der Waals surface area contributed by atoms with Crippen LogP contribution in [-0.2, 0) is 9.59 Å². The molecule has 0 unspecified atom stereocenters. The Morgan fingerprint density at radius 3 is 2.78 bits per heavy atom. The minimum absolute atomic E-state index is 0.00806. The van der Waals surface area contributed by atoms with Crippen molar-refractivity contribution in [2.75, 3.05) is 11.9 Å².